The number of fused-ring (bicyclic) bond motifs is 1. The van der Waals surface area contributed by atoms with Crippen LogP contribution in [-0.4, -0.2) is 48.2 Å². The van der Waals surface area contributed by atoms with Crippen molar-refractivity contribution in [3.8, 4) is 0 Å². The van der Waals surface area contributed by atoms with E-state index < -0.39 is 0 Å². The minimum Gasteiger partial charge on any atom is -0.354 e. The largest absolute Gasteiger partial charge is 0.354 e. The molecule has 1 aliphatic rings. The normalized spacial score (nSPS) is 13.7. The fourth-order valence-corrected chi connectivity index (χ4v) is 2.99. The number of nitrogens with zero attached hydrogens (tertiary/aromatic N) is 1. The Labute approximate surface area is 165 Å². The topological polar surface area (TPSA) is 95.6 Å². The van der Waals surface area contributed by atoms with E-state index in [0.29, 0.717) is 30.6 Å². The third kappa shape index (κ3) is 5.41. The predicted octanol–water partition coefficient (Wildman–Crippen LogP) is 2.22. The first-order chi connectivity index (χ1) is 13.0. The van der Waals surface area contributed by atoms with Gasteiger partial charge in [-0.1, -0.05) is 34.6 Å². The van der Waals surface area contributed by atoms with Crippen LogP contribution < -0.4 is 10.6 Å². The summed E-state index contributed by atoms with van der Waals surface area (Å²) in [5, 5.41) is 5.48. The Morgan fingerprint density at radius 2 is 1.61 bits per heavy atom. The lowest BCUT2D eigenvalue weighted by atomic mass is 9.92. The van der Waals surface area contributed by atoms with Crippen LogP contribution >= 0.6 is 0 Å². The monoisotopic (exact) mass is 387 g/mol. The minimum atomic E-state index is -0.363. The third-order valence-corrected chi connectivity index (χ3v) is 4.20. The van der Waals surface area contributed by atoms with Crippen LogP contribution in [0.4, 0.5) is 0 Å². The van der Waals surface area contributed by atoms with Crippen LogP contribution in [0.15, 0.2) is 18.2 Å². The van der Waals surface area contributed by atoms with Gasteiger partial charge >= 0.3 is 0 Å². The Kier molecular flexibility index (Phi) is 6.59. The van der Waals surface area contributed by atoms with E-state index in [9.17, 15) is 19.2 Å². The van der Waals surface area contributed by atoms with Gasteiger partial charge in [-0.3, -0.25) is 24.1 Å². The summed E-state index contributed by atoms with van der Waals surface area (Å²) < 4.78 is 0. The van der Waals surface area contributed by atoms with Crippen LogP contribution in [0.25, 0.3) is 0 Å². The Hall–Kier alpha value is -2.70. The number of hydrogen-bond acceptors (Lipinski definition) is 4. The predicted molar refractivity (Wildman–Crippen MR) is 106 cm³/mol. The summed E-state index contributed by atoms with van der Waals surface area (Å²) >= 11 is 0. The highest BCUT2D eigenvalue weighted by atomic mass is 16.2. The summed E-state index contributed by atoms with van der Waals surface area (Å²) in [4.78, 5) is 50.2. The summed E-state index contributed by atoms with van der Waals surface area (Å²) in [5.74, 6) is -0.928. The van der Waals surface area contributed by atoms with Gasteiger partial charge in [0.2, 0.25) is 5.91 Å². The van der Waals surface area contributed by atoms with Gasteiger partial charge in [-0.25, -0.2) is 0 Å². The first-order valence-corrected chi connectivity index (χ1v) is 9.55. The molecule has 0 saturated carbocycles. The SMILES string of the molecule is CC(C)CN1C(=O)c2ccc(C(=O)NCCNC(=O)CC(C)(C)C)cc2C1=O. The molecule has 1 aromatic rings. The van der Waals surface area contributed by atoms with E-state index in [4.69, 9.17) is 0 Å². The maximum absolute atomic E-state index is 12.5. The molecular formula is C21H29N3O4. The van der Waals surface area contributed by atoms with Gasteiger partial charge in [0, 0.05) is 31.6 Å². The van der Waals surface area contributed by atoms with Crippen molar-refractivity contribution < 1.29 is 19.2 Å². The summed E-state index contributed by atoms with van der Waals surface area (Å²) in [5.41, 5.74) is 0.811. The average Bonchev–Trinajstić information content (AvgIpc) is 2.81. The molecule has 0 radical (unpaired) electrons. The summed E-state index contributed by atoms with van der Waals surface area (Å²) in [6.07, 6.45) is 0.411. The lowest BCUT2D eigenvalue weighted by molar-refractivity contribution is -0.122. The van der Waals surface area contributed by atoms with E-state index in [1.54, 1.807) is 0 Å². The van der Waals surface area contributed by atoms with Gasteiger partial charge in [-0.15, -0.1) is 0 Å². The smallest absolute Gasteiger partial charge is 0.261 e. The Balaban J connectivity index is 1.93. The lowest BCUT2D eigenvalue weighted by Gasteiger charge is -2.17. The van der Waals surface area contributed by atoms with Crippen molar-refractivity contribution in [3.63, 3.8) is 0 Å². The number of carbonyl (C=O) groups is 4. The van der Waals surface area contributed by atoms with E-state index in [1.807, 2.05) is 34.6 Å². The Morgan fingerprint density at radius 1 is 1.00 bits per heavy atom. The summed E-state index contributed by atoms with van der Waals surface area (Å²) in [7, 11) is 0. The zero-order valence-corrected chi connectivity index (χ0v) is 17.2. The van der Waals surface area contributed by atoms with E-state index in [-0.39, 0.29) is 47.1 Å². The molecule has 0 bridgehead atoms. The van der Waals surface area contributed by atoms with Gasteiger partial charge in [-0.05, 0) is 29.5 Å². The van der Waals surface area contributed by atoms with Crippen LogP contribution in [0.3, 0.4) is 0 Å². The maximum atomic E-state index is 12.5. The number of hydrogen-bond donors (Lipinski definition) is 2. The molecule has 0 aromatic heterocycles. The molecule has 1 heterocycles. The minimum absolute atomic E-state index is 0.0615. The van der Waals surface area contributed by atoms with Gasteiger partial charge in [0.05, 0.1) is 11.1 Å². The fourth-order valence-electron chi connectivity index (χ4n) is 2.99. The molecule has 7 nitrogen and oxygen atoms in total. The van der Waals surface area contributed by atoms with Crippen LogP contribution in [0.2, 0.25) is 0 Å². The first-order valence-electron chi connectivity index (χ1n) is 9.55. The summed E-state index contributed by atoms with van der Waals surface area (Å²) in [6, 6.07) is 4.52. The third-order valence-electron chi connectivity index (χ3n) is 4.20. The number of nitrogens with one attached hydrogen (secondary N) is 2. The van der Waals surface area contributed by atoms with Crippen molar-refractivity contribution >= 4 is 23.6 Å². The Bertz CT molecular complexity index is 793. The molecule has 0 unspecified atom stereocenters. The molecule has 2 N–H and O–H groups in total. The number of rotatable bonds is 7. The molecule has 2 rings (SSSR count). The van der Waals surface area contributed by atoms with Crippen molar-refractivity contribution in [2.24, 2.45) is 11.3 Å². The number of carbonyl (C=O) groups excluding carboxylic acids is 4. The first kappa shape index (κ1) is 21.6. The molecule has 28 heavy (non-hydrogen) atoms. The molecule has 4 amide bonds. The number of amides is 4. The van der Waals surface area contributed by atoms with Crippen molar-refractivity contribution in [2.45, 2.75) is 41.0 Å². The van der Waals surface area contributed by atoms with E-state index in [0.717, 1.165) is 0 Å². The van der Waals surface area contributed by atoms with E-state index in [2.05, 4.69) is 10.6 Å². The fraction of sp³-hybridized carbons (Fsp3) is 0.524. The zero-order valence-electron chi connectivity index (χ0n) is 17.2. The summed E-state index contributed by atoms with van der Waals surface area (Å²) in [6.45, 7) is 10.8. The van der Waals surface area contributed by atoms with Crippen molar-refractivity contribution in [1.29, 1.82) is 0 Å². The van der Waals surface area contributed by atoms with E-state index >= 15 is 0 Å². The molecule has 0 spiro atoms. The molecule has 0 aliphatic carbocycles. The van der Waals surface area contributed by atoms with Crippen molar-refractivity contribution in [3.05, 3.63) is 34.9 Å². The number of imide groups is 1. The van der Waals surface area contributed by atoms with Gasteiger partial charge < -0.3 is 10.6 Å². The van der Waals surface area contributed by atoms with Crippen LogP contribution in [0, 0.1) is 11.3 Å². The zero-order chi connectivity index (χ0) is 21.1. The molecule has 7 heteroatoms. The molecule has 0 saturated heterocycles. The lowest BCUT2D eigenvalue weighted by Crippen LogP contribution is -2.36. The second-order valence-corrected chi connectivity index (χ2v) is 8.72. The van der Waals surface area contributed by atoms with Crippen molar-refractivity contribution in [1.82, 2.24) is 15.5 Å². The Morgan fingerprint density at radius 3 is 2.21 bits per heavy atom. The van der Waals surface area contributed by atoms with E-state index in [1.165, 1.54) is 23.1 Å². The molecule has 1 aromatic carbocycles. The number of benzene rings is 1. The molecular weight excluding hydrogens is 358 g/mol. The highest BCUT2D eigenvalue weighted by Gasteiger charge is 2.36. The van der Waals surface area contributed by atoms with Gasteiger partial charge in [0.25, 0.3) is 17.7 Å². The maximum Gasteiger partial charge on any atom is 0.261 e. The molecule has 1 aliphatic heterocycles. The highest BCUT2D eigenvalue weighted by Crippen LogP contribution is 2.25. The average molecular weight is 387 g/mol. The van der Waals surface area contributed by atoms with Gasteiger partial charge in [0.1, 0.15) is 0 Å². The van der Waals surface area contributed by atoms with Gasteiger partial charge in [0.15, 0.2) is 0 Å². The van der Waals surface area contributed by atoms with Crippen LogP contribution in [0.1, 0.15) is 72.1 Å². The van der Waals surface area contributed by atoms with Gasteiger partial charge in [-0.2, -0.15) is 0 Å². The molecule has 152 valence electrons. The molecule has 0 atom stereocenters. The van der Waals surface area contributed by atoms with Crippen molar-refractivity contribution in [2.75, 3.05) is 19.6 Å². The molecule has 0 fully saturated rings. The quantitative estimate of drug-likeness (QED) is 0.554. The standard InChI is InChI=1S/C21H29N3O4/c1-13(2)12-24-19(27)15-7-6-14(10-16(15)20(24)28)18(26)23-9-8-22-17(25)11-21(3,4)5/h6-7,10,13H,8-9,11-12H2,1-5H3,(H,22,25)(H,23,26). The van der Waals surface area contributed by atoms with Crippen LogP contribution in [-0.2, 0) is 4.79 Å². The highest BCUT2D eigenvalue weighted by molar-refractivity contribution is 6.22. The second kappa shape index (κ2) is 8.54. The second-order valence-electron chi connectivity index (χ2n) is 8.72. The van der Waals surface area contributed by atoms with Crippen LogP contribution in [0.5, 0.6) is 0 Å².